The Balaban J connectivity index is 2.33. The summed E-state index contributed by atoms with van der Waals surface area (Å²) in [6.45, 7) is 2.06. The molecule has 3 heteroatoms. The quantitative estimate of drug-likeness (QED) is 0.745. The predicted molar refractivity (Wildman–Crippen MR) is 81.4 cm³/mol. The fraction of sp³-hybridized carbons (Fsp3) is 0.235. The number of hydrogen-bond donors (Lipinski definition) is 0. The molecule has 0 radical (unpaired) electrons. The van der Waals surface area contributed by atoms with Crippen molar-refractivity contribution in [3.63, 3.8) is 0 Å². The first-order valence-electron chi connectivity index (χ1n) is 6.83. The highest BCUT2D eigenvalue weighted by atomic mass is 32.2. The number of Topliss-reactive ketones (excluding diaryl/α,β-unsaturated/α-hetero) is 1. The van der Waals surface area contributed by atoms with Crippen molar-refractivity contribution in [2.75, 3.05) is 0 Å². The third kappa shape index (κ3) is 3.42. The van der Waals surface area contributed by atoms with Gasteiger partial charge in [0.25, 0.3) is 0 Å². The van der Waals surface area contributed by atoms with Crippen molar-refractivity contribution in [1.82, 2.24) is 0 Å². The molecule has 0 bridgehead atoms. The largest absolute Gasteiger partial charge is 0.294 e. The molecule has 0 fully saturated rings. The minimum atomic E-state index is -1.31. The number of benzene rings is 2. The third-order valence-corrected chi connectivity index (χ3v) is 4.56. The number of hydrogen-bond acceptors (Lipinski definition) is 2. The molecule has 104 valence electrons. The molecule has 0 aliphatic carbocycles. The molecular weight excluding hydrogens is 268 g/mol. The van der Waals surface area contributed by atoms with Crippen LogP contribution in [0.2, 0.25) is 0 Å². The molecule has 0 saturated heterocycles. The molecule has 0 saturated carbocycles. The zero-order valence-corrected chi connectivity index (χ0v) is 12.4. The number of unbranched alkanes of at least 4 members (excludes halogenated alkanes) is 1. The van der Waals surface area contributed by atoms with Gasteiger partial charge in [-0.05, 0) is 24.6 Å². The lowest BCUT2D eigenvalue weighted by molar-refractivity contribution is 0.0977. The molecule has 2 aromatic carbocycles. The van der Waals surface area contributed by atoms with E-state index in [2.05, 4.69) is 6.92 Å². The monoisotopic (exact) mass is 286 g/mol. The molecule has 1 atom stereocenters. The SMILES string of the molecule is CCCCC(=O)c1ccccc1S(=O)c1ccccc1. The summed E-state index contributed by atoms with van der Waals surface area (Å²) in [5.41, 5.74) is 0.586. The summed E-state index contributed by atoms with van der Waals surface area (Å²) in [4.78, 5) is 13.6. The molecule has 1 unspecified atom stereocenters. The Morgan fingerprint density at radius 3 is 2.35 bits per heavy atom. The highest BCUT2D eigenvalue weighted by Gasteiger charge is 2.16. The molecule has 20 heavy (non-hydrogen) atoms. The lowest BCUT2D eigenvalue weighted by atomic mass is 10.1. The molecule has 2 rings (SSSR count). The van der Waals surface area contributed by atoms with Gasteiger partial charge in [-0.2, -0.15) is 0 Å². The van der Waals surface area contributed by atoms with Crippen LogP contribution in [0.4, 0.5) is 0 Å². The predicted octanol–water partition coefficient (Wildman–Crippen LogP) is 4.23. The van der Waals surface area contributed by atoms with Crippen molar-refractivity contribution in [3.8, 4) is 0 Å². The van der Waals surface area contributed by atoms with Crippen LogP contribution in [-0.4, -0.2) is 9.99 Å². The molecule has 2 nitrogen and oxygen atoms in total. The highest BCUT2D eigenvalue weighted by molar-refractivity contribution is 7.85. The Bertz CT molecular complexity index is 605. The topological polar surface area (TPSA) is 34.1 Å². The summed E-state index contributed by atoms with van der Waals surface area (Å²) in [7, 11) is -1.31. The van der Waals surface area contributed by atoms with Gasteiger partial charge >= 0.3 is 0 Å². The van der Waals surface area contributed by atoms with E-state index in [-0.39, 0.29) is 5.78 Å². The standard InChI is InChI=1S/C17H18O2S/c1-2-3-12-16(18)15-11-7-8-13-17(15)20(19)14-9-5-4-6-10-14/h4-11,13H,2-3,12H2,1H3. The van der Waals surface area contributed by atoms with Gasteiger partial charge in [-0.3, -0.25) is 4.79 Å². The van der Waals surface area contributed by atoms with Crippen LogP contribution in [0.15, 0.2) is 64.4 Å². The fourth-order valence-corrected chi connectivity index (χ4v) is 3.24. The lowest BCUT2D eigenvalue weighted by Gasteiger charge is -2.08. The van der Waals surface area contributed by atoms with Gasteiger partial charge in [0, 0.05) is 16.9 Å². The van der Waals surface area contributed by atoms with Gasteiger partial charge in [0.1, 0.15) is 0 Å². The van der Waals surface area contributed by atoms with Crippen LogP contribution in [0.25, 0.3) is 0 Å². The number of ketones is 1. The van der Waals surface area contributed by atoms with Crippen molar-refractivity contribution >= 4 is 16.6 Å². The van der Waals surface area contributed by atoms with E-state index in [0.717, 1.165) is 17.7 Å². The smallest absolute Gasteiger partial charge is 0.164 e. The van der Waals surface area contributed by atoms with Crippen LogP contribution in [0.5, 0.6) is 0 Å². The summed E-state index contributed by atoms with van der Waals surface area (Å²) in [6, 6.07) is 16.4. The van der Waals surface area contributed by atoms with E-state index < -0.39 is 10.8 Å². The molecule has 0 aliphatic heterocycles. The Morgan fingerprint density at radius 2 is 1.65 bits per heavy atom. The van der Waals surface area contributed by atoms with Crippen molar-refractivity contribution in [2.24, 2.45) is 0 Å². The average Bonchev–Trinajstić information content (AvgIpc) is 2.52. The normalized spacial score (nSPS) is 12.1. The molecular formula is C17H18O2S. The summed E-state index contributed by atoms with van der Waals surface area (Å²) in [5, 5.41) is 0. The van der Waals surface area contributed by atoms with Crippen molar-refractivity contribution in [2.45, 2.75) is 36.0 Å². The first-order valence-corrected chi connectivity index (χ1v) is 7.98. The van der Waals surface area contributed by atoms with E-state index in [4.69, 9.17) is 0 Å². The Morgan fingerprint density at radius 1 is 1.00 bits per heavy atom. The second-order valence-corrected chi connectivity index (χ2v) is 6.05. The minimum Gasteiger partial charge on any atom is -0.294 e. The summed E-state index contributed by atoms with van der Waals surface area (Å²) in [5.74, 6) is 0.0757. The maximum Gasteiger partial charge on any atom is 0.164 e. The Labute approximate surface area is 122 Å². The number of carbonyl (C=O) groups is 1. The molecule has 0 N–H and O–H groups in total. The van der Waals surface area contributed by atoms with Gasteiger partial charge in [-0.25, -0.2) is 4.21 Å². The van der Waals surface area contributed by atoms with Gasteiger partial charge in [-0.15, -0.1) is 0 Å². The fourth-order valence-electron chi connectivity index (χ4n) is 2.00. The Kier molecular flexibility index (Phi) is 5.24. The molecule has 0 amide bonds. The van der Waals surface area contributed by atoms with Crippen LogP contribution >= 0.6 is 0 Å². The third-order valence-electron chi connectivity index (χ3n) is 3.10. The van der Waals surface area contributed by atoms with Gasteiger partial charge in [-0.1, -0.05) is 49.7 Å². The van der Waals surface area contributed by atoms with Gasteiger partial charge in [0.15, 0.2) is 5.78 Å². The second-order valence-electron chi connectivity index (χ2n) is 4.60. The van der Waals surface area contributed by atoms with E-state index in [1.807, 2.05) is 42.5 Å². The van der Waals surface area contributed by atoms with E-state index in [9.17, 15) is 9.00 Å². The van der Waals surface area contributed by atoms with Crippen molar-refractivity contribution < 1.29 is 9.00 Å². The maximum atomic E-state index is 12.6. The summed E-state index contributed by atoms with van der Waals surface area (Å²) in [6.07, 6.45) is 2.36. The first kappa shape index (κ1) is 14.7. The van der Waals surface area contributed by atoms with Crippen molar-refractivity contribution in [3.05, 3.63) is 60.2 Å². The van der Waals surface area contributed by atoms with Crippen LogP contribution in [-0.2, 0) is 10.8 Å². The second kappa shape index (κ2) is 7.15. The minimum absolute atomic E-state index is 0.0757. The summed E-state index contributed by atoms with van der Waals surface area (Å²) >= 11 is 0. The first-order chi connectivity index (χ1) is 9.74. The van der Waals surface area contributed by atoms with Crippen LogP contribution < -0.4 is 0 Å². The van der Waals surface area contributed by atoms with Crippen molar-refractivity contribution in [1.29, 1.82) is 0 Å². The van der Waals surface area contributed by atoms with Crippen LogP contribution in [0, 0.1) is 0 Å². The van der Waals surface area contributed by atoms with E-state index in [0.29, 0.717) is 16.9 Å². The van der Waals surface area contributed by atoms with E-state index >= 15 is 0 Å². The Hall–Kier alpha value is -1.74. The highest BCUT2D eigenvalue weighted by Crippen LogP contribution is 2.21. The van der Waals surface area contributed by atoms with Gasteiger partial charge < -0.3 is 0 Å². The average molecular weight is 286 g/mol. The molecule has 0 spiro atoms. The molecule has 0 aromatic heterocycles. The van der Waals surface area contributed by atoms with Crippen LogP contribution in [0.1, 0.15) is 36.5 Å². The van der Waals surface area contributed by atoms with E-state index in [1.165, 1.54) is 0 Å². The number of carbonyl (C=O) groups excluding carboxylic acids is 1. The van der Waals surface area contributed by atoms with E-state index in [1.54, 1.807) is 12.1 Å². The lowest BCUT2D eigenvalue weighted by Crippen LogP contribution is -2.05. The van der Waals surface area contributed by atoms with Crippen LogP contribution in [0.3, 0.4) is 0 Å². The summed E-state index contributed by atoms with van der Waals surface area (Å²) < 4.78 is 12.6. The number of rotatable bonds is 6. The molecule has 0 aliphatic rings. The molecule has 0 heterocycles. The zero-order chi connectivity index (χ0) is 14.4. The van der Waals surface area contributed by atoms with Gasteiger partial charge in [0.2, 0.25) is 0 Å². The maximum absolute atomic E-state index is 12.6. The molecule has 2 aromatic rings. The van der Waals surface area contributed by atoms with Gasteiger partial charge in [0.05, 0.1) is 15.7 Å². The zero-order valence-electron chi connectivity index (χ0n) is 11.5.